The van der Waals surface area contributed by atoms with Gasteiger partial charge in [-0.2, -0.15) is 0 Å². The first kappa shape index (κ1) is 19.1. The second kappa shape index (κ2) is 6.94. The molecule has 4 heteroatoms. The van der Waals surface area contributed by atoms with Gasteiger partial charge in [0.1, 0.15) is 12.0 Å². The standard InChI is InChI=1S/C27H28O4/c1-2-3-4-5-14-21-24-23(25(28)30-21)27(26(29)31-24)15-20-16-10-6-8-12-18(16)22(27)19-13-9-7-11-17(19)20/h6-13,20-24H,2-5,14-15H2,1H3/t20?,21-,22?,23+,24+,27+/m0/s1. The van der Waals surface area contributed by atoms with E-state index in [2.05, 4.69) is 43.3 Å². The molecule has 2 fully saturated rings. The molecule has 31 heavy (non-hydrogen) atoms. The first-order valence-corrected chi connectivity index (χ1v) is 11.8. The van der Waals surface area contributed by atoms with Crippen LogP contribution in [0.2, 0.25) is 0 Å². The maximum atomic E-state index is 13.6. The van der Waals surface area contributed by atoms with Gasteiger partial charge in [0.05, 0.1) is 5.41 Å². The summed E-state index contributed by atoms with van der Waals surface area (Å²) in [6, 6.07) is 16.8. The molecule has 0 amide bonds. The van der Waals surface area contributed by atoms with Crippen LogP contribution in [-0.4, -0.2) is 24.1 Å². The average molecular weight is 417 g/mol. The molecule has 2 aromatic rings. The van der Waals surface area contributed by atoms with Gasteiger partial charge in [-0.05, 0) is 41.5 Å². The Kier molecular flexibility index (Phi) is 4.28. The third-order valence-electron chi connectivity index (χ3n) is 8.16. The second-order valence-electron chi connectivity index (χ2n) is 9.66. The summed E-state index contributed by atoms with van der Waals surface area (Å²) in [5.74, 6) is -0.986. The van der Waals surface area contributed by atoms with Crippen molar-refractivity contribution in [3.63, 3.8) is 0 Å². The summed E-state index contributed by atoms with van der Waals surface area (Å²) in [6.45, 7) is 2.18. The monoisotopic (exact) mass is 416 g/mol. The van der Waals surface area contributed by atoms with Crippen LogP contribution in [-0.2, 0) is 19.1 Å². The van der Waals surface area contributed by atoms with Crippen molar-refractivity contribution in [3.8, 4) is 0 Å². The SMILES string of the molecule is CCCCCC[C@@H]1OC(=O)[C@H]2[C@@H]1OC(=O)[C@@]21CC2c3ccccc3C1c1ccccc12. The summed E-state index contributed by atoms with van der Waals surface area (Å²) in [7, 11) is 0. The normalized spacial score (nSPS) is 34.3. The lowest BCUT2D eigenvalue weighted by Gasteiger charge is -2.50. The minimum Gasteiger partial charge on any atom is -0.458 e. The van der Waals surface area contributed by atoms with E-state index in [9.17, 15) is 9.59 Å². The Morgan fingerprint density at radius 3 is 2.16 bits per heavy atom. The number of ether oxygens (including phenoxy) is 2. The predicted molar refractivity (Wildman–Crippen MR) is 116 cm³/mol. The van der Waals surface area contributed by atoms with Crippen LogP contribution in [0.1, 0.15) is 79.5 Å². The van der Waals surface area contributed by atoms with E-state index in [1.165, 1.54) is 28.7 Å². The van der Waals surface area contributed by atoms with Gasteiger partial charge in [-0.25, -0.2) is 0 Å². The van der Waals surface area contributed by atoms with E-state index >= 15 is 0 Å². The van der Waals surface area contributed by atoms with Crippen LogP contribution < -0.4 is 0 Å². The Morgan fingerprint density at radius 1 is 0.871 bits per heavy atom. The van der Waals surface area contributed by atoms with Crippen LogP contribution in [0.15, 0.2) is 48.5 Å². The van der Waals surface area contributed by atoms with Crippen LogP contribution in [0, 0.1) is 11.3 Å². The minimum absolute atomic E-state index is 0.111. The van der Waals surface area contributed by atoms with E-state index in [0.717, 1.165) is 25.7 Å². The first-order chi connectivity index (χ1) is 15.2. The highest BCUT2D eigenvalue weighted by Gasteiger charge is 2.72. The Balaban J connectivity index is 1.42. The summed E-state index contributed by atoms with van der Waals surface area (Å²) < 4.78 is 11.9. The Morgan fingerprint density at radius 2 is 1.52 bits per heavy atom. The number of fused-ring (bicyclic) bond motifs is 1. The molecule has 0 radical (unpaired) electrons. The first-order valence-electron chi connectivity index (χ1n) is 11.8. The van der Waals surface area contributed by atoms with E-state index in [-0.39, 0.29) is 29.9 Å². The highest BCUT2D eigenvalue weighted by atomic mass is 16.6. The van der Waals surface area contributed by atoms with Crippen molar-refractivity contribution >= 4 is 11.9 Å². The number of cyclic esters (lactones) is 1. The zero-order valence-corrected chi connectivity index (χ0v) is 17.9. The molecule has 2 bridgehead atoms. The minimum atomic E-state index is -0.854. The quantitative estimate of drug-likeness (QED) is 0.503. The molecular formula is C27H28O4. The molecule has 2 aliphatic heterocycles. The van der Waals surface area contributed by atoms with E-state index in [0.29, 0.717) is 6.42 Å². The summed E-state index contributed by atoms with van der Waals surface area (Å²) in [4.78, 5) is 26.8. The third kappa shape index (κ3) is 2.48. The van der Waals surface area contributed by atoms with Gasteiger partial charge in [0.15, 0.2) is 6.10 Å². The maximum absolute atomic E-state index is 13.6. The van der Waals surface area contributed by atoms with Gasteiger partial charge in [0.2, 0.25) is 0 Å². The molecule has 4 atom stereocenters. The Hall–Kier alpha value is -2.62. The van der Waals surface area contributed by atoms with Crippen LogP contribution in [0.4, 0.5) is 0 Å². The molecule has 2 saturated heterocycles. The van der Waals surface area contributed by atoms with Gasteiger partial charge < -0.3 is 9.47 Å². The van der Waals surface area contributed by atoms with Crippen molar-refractivity contribution in [2.45, 2.75) is 69.5 Å². The van der Waals surface area contributed by atoms with Crippen molar-refractivity contribution in [2.75, 3.05) is 0 Å². The Labute approximate surface area is 182 Å². The molecule has 0 aromatic heterocycles. The van der Waals surface area contributed by atoms with Crippen LogP contribution >= 0.6 is 0 Å². The Bertz CT molecular complexity index is 1010. The van der Waals surface area contributed by atoms with Crippen LogP contribution in [0.3, 0.4) is 0 Å². The fourth-order valence-electron chi connectivity index (χ4n) is 6.90. The van der Waals surface area contributed by atoms with Crippen molar-refractivity contribution in [2.24, 2.45) is 11.3 Å². The highest BCUT2D eigenvalue weighted by molar-refractivity contribution is 5.93. The number of hydrogen-bond acceptors (Lipinski definition) is 4. The lowest BCUT2D eigenvalue weighted by molar-refractivity contribution is -0.162. The van der Waals surface area contributed by atoms with Crippen molar-refractivity contribution in [1.82, 2.24) is 0 Å². The molecule has 3 aliphatic carbocycles. The lowest BCUT2D eigenvalue weighted by atomic mass is 9.48. The van der Waals surface area contributed by atoms with Gasteiger partial charge in [-0.15, -0.1) is 0 Å². The van der Waals surface area contributed by atoms with Crippen molar-refractivity contribution in [1.29, 1.82) is 0 Å². The van der Waals surface area contributed by atoms with E-state index < -0.39 is 17.4 Å². The number of hydrogen-bond donors (Lipinski definition) is 0. The summed E-state index contributed by atoms with van der Waals surface area (Å²) >= 11 is 0. The molecule has 4 nitrogen and oxygen atoms in total. The molecule has 5 aliphatic rings. The largest absolute Gasteiger partial charge is 0.458 e. The summed E-state index contributed by atoms with van der Waals surface area (Å²) in [6.07, 6.45) is 5.11. The molecule has 0 saturated carbocycles. The van der Waals surface area contributed by atoms with Gasteiger partial charge in [0.25, 0.3) is 0 Å². The molecule has 7 rings (SSSR count). The fraction of sp³-hybridized carbons (Fsp3) is 0.481. The molecule has 1 spiro atoms. The zero-order chi connectivity index (χ0) is 21.2. The molecule has 2 heterocycles. The molecule has 0 unspecified atom stereocenters. The molecule has 160 valence electrons. The number of benzene rings is 2. The molecule has 0 N–H and O–H groups in total. The average Bonchev–Trinajstić information content (AvgIpc) is 3.26. The second-order valence-corrected chi connectivity index (χ2v) is 9.66. The number of rotatable bonds is 5. The topological polar surface area (TPSA) is 52.6 Å². The number of unbranched alkanes of at least 4 members (excludes halogenated alkanes) is 3. The van der Waals surface area contributed by atoms with Crippen LogP contribution in [0.5, 0.6) is 0 Å². The number of carbonyl (C=O) groups excluding carboxylic acids is 2. The number of esters is 2. The lowest BCUT2D eigenvalue weighted by Crippen LogP contribution is -2.50. The van der Waals surface area contributed by atoms with E-state index in [1.807, 2.05) is 12.1 Å². The van der Waals surface area contributed by atoms with Crippen molar-refractivity contribution in [3.05, 3.63) is 70.8 Å². The van der Waals surface area contributed by atoms with Gasteiger partial charge in [0, 0.05) is 11.8 Å². The maximum Gasteiger partial charge on any atom is 0.314 e. The molecular weight excluding hydrogens is 388 g/mol. The smallest absolute Gasteiger partial charge is 0.314 e. The predicted octanol–water partition coefficient (Wildman–Crippen LogP) is 5.09. The van der Waals surface area contributed by atoms with Crippen molar-refractivity contribution < 1.29 is 19.1 Å². The van der Waals surface area contributed by atoms with Gasteiger partial charge in [-0.3, -0.25) is 9.59 Å². The van der Waals surface area contributed by atoms with Gasteiger partial charge >= 0.3 is 11.9 Å². The van der Waals surface area contributed by atoms with E-state index in [4.69, 9.17) is 9.47 Å². The fourth-order valence-corrected chi connectivity index (χ4v) is 6.90. The van der Waals surface area contributed by atoms with Gasteiger partial charge in [-0.1, -0.05) is 74.7 Å². The van der Waals surface area contributed by atoms with Crippen LogP contribution in [0.25, 0.3) is 0 Å². The molecule has 2 aromatic carbocycles. The third-order valence-corrected chi connectivity index (χ3v) is 8.16. The summed E-state index contributed by atoms with van der Waals surface area (Å²) in [5, 5.41) is 0. The zero-order valence-electron chi connectivity index (χ0n) is 17.9. The highest BCUT2D eigenvalue weighted by Crippen LogP contribution is 2.67. The van der Waals surface area contributed by atoms with E-state index in [1.54, 1.807) is 0 Å². The number of carbonyl (C=O) groups is 2. The summed E-state index contributed by atoms with van der Waals surface area (Å²) in [5.41, 5.74) is 4.07.